The van der Waals surface area contributed by atoms with Crippen LogP contribution in [0.25, 0.3) is 0 Å². The SMILES string of the molecule is CC1CCC2(CC1)O[C@@H](C)[C@@H](C)O2. The Hall–Kier alpha value is -0.0800. The Bertz CT molecular complexity index is 171. The first-order valence-electron chi connectivity index (χ1n) is 5.47. The van der Waals surface area contributed by atoms with Gasteiger partial charge in [-0.1, -0.05) is 6.92 Å². The van der Waals surface area contributed by atoms with Crippen LogP contribution in [-0.2, 0) is 9.47 Å². The summed E-state index contributed by atoms with van der Waals surface area (Å²) in [6.07, 6.45) is 5.21. The largest absolute Gasteiger partial charge is 0.344 e. The van der Waals surface area contributed by atoms with Crippen molar-refractivity contribution in [3.8, 4) is 0 Å². The summed E-state index contributed by atoms with van der Waals surface area (Å²) in [7, 11) is 0. The van der Waals surface area contributed by atoms with Crippen LogP contribution in [0.1, 0.15) is 46.5 Å². The molecule has 2 heteroatoms. The van der Waals surface area contributed by atoms with Crippen LogP contribution in [0, 0.1) is 5.92 Å². The Labute approximate surface area is 80.6 Å². The van der Waals surface area contributed by atoms with Gasteiger partial charge in [-0.3, -0.25) is 0 Å². The lowest BCUT2D eigenvalue weighted by molar-refractivity contribution is -0.196. The third-order valence-corrected chi connectivity index (χ3v) is 3.50. The van der Waals surface area contributed by atoms with Crippen molar-refractivity contribution < 1.29 is 9.47 Å². The first-order chi connectivity index (χ1) is 6.11. The van der Waals surface area contributed by atoms with Gasteiger partial charge in [0.15, 0.2) is 5.79 Å². The lowest BCUT2D eigenvalue weighted by Crippen LogP contribution is -2.35. The van der Waals surface area contributed by atoms with Crippen molar-refractivity contribution >= 4 is 0 Å². The molecule has 1 spiro atoms. The van der Waals surface area contributed by atoms with Crippen LogP contribution in [0.15, 0.2) is 0 Å². The second kappa shape index (κ2) is 3.25. The highest BCUT2D eigenvalue weighted by Gasteiger charge is 2.45. The molecular weight excluding hydrogens is 164 g/mol. The molecule has 2 aliphatic rings. The zero-order chi connectivity index (χ0) is 9.47. The third-order valence-electron chi connectivity index (χ3n) is 3.50. The number of hydrogen-bond acceptors (Lipinski definition) is 2. The maximum atomic E-state index is 5.93. The van der Waals surface area contributed by atoms with Crippen LogP contribution in [0.2, 0.25) is 0 Å². The van der Waals surface area contributed by atoms with E-state index in [4.69, 9.17) is 9.47 Å². The molecule has 1 aliphatic heterocycles. The Balaban J connectivity index is 1.99. The smallest absolute Gasteiger partial charge is 0.169 e. The van der Waals surface area contributed by atoms with E-state index in [0.29, 0.717) is 0 Å². The highest BCUT2D eigenvalue weighted by Crippen LogP contribution is 2.41. The summed E-state index contributed by atoms with van der Waals surface area (Å²) in [4.78, 5) is 0. The van der Waals surface area contributed by atoms with E-state index in [1.807, 2.05) is 0 Å². The molecule has 13 heavy (non-hydrogen) atoms. The van der Waals surface area contributed by atoms with Crippen LogP contribution >= 0.6 is 0 Å². The molecule has 0 N–H and O–H groups in total. The second-order valence-corrected chi connectivity index (χ2v) is 4.74. The number of ether oxygens (including phenoxy) is 2. The van der Waals surface area contributed by atoms with Gasteiger partial charge in [-0.05, 0) is 32.6 Å². The summed E-state index contributed by atoms with van der Waals surface area (Å²) in [6, 6.07) is 0. The normalized spacial score (nSPS) is 51.5. The van der Waals surface area contributed by atoms with Gasteiger partial charge in [-0.2, -0.15) is 0 Å². The molecule has 0 aromatic heterocycles. The van der Waals surface area contributed by atoms with Crippen LogP contribution < -0.4 is 0 Å². The average Bonchev–Trinajstić information content (AvgIpc) is 2.36. The quantitative estimate of drug-likeness (QED) is 0.576. The molecule has 1 saturated carbocycles. The average molecular weight is 184 g/mol. The van der Waals surface area contributed by atoms with Gasteiger partial charge >= 0.3 is 0 Å². The zero-order valence-corrected chi connectivity index (χ0v) is 8.88. The molecule has 1 heterocycles. The Kier molecular flexibility index (Phi) is 2.37. The molecule has 0 amide bonds. The predicted octanol–water partition coefficient (Wildman–Crippen LogP) is 2.72. The molecule has 2 rings (SSSR count). The van der Waals surface area contributed by atoms with E-state index in [-0.39, 0.29) is 18.0 Å². The molecule has 76 valence electrons. The second-order valence-electron chi connectivity index (χ2n) is 4.74. The van der Waals surface area contributed by atoms with E-state index < -0.39 is 0 Å². The fraction of sp³-hybridized carbons (Fsp3) is 1.00. The van der Waals surface area contributed by atoms with Gasteiger partial charge in [-0.25, -0.2) is 0 Å². The first-order valence-corrected chi connectivity index (χ1v) is 5.47. The standard InChI is InChI=1S/C11H20O2/c1-8-4-6-11(7-5-8)12-9(2)10(3)13-11/h8-10H,4-7H2,1-3H3/t8?,9-,10+,11?. The molecule has 2 fully saturated rings. The summed E-state index contributed by atoms with van der Waals surface area (Å²) in [5.74, 6) is 0.648. The summed E-state index contributed by atoms with van der Waals surface area (Å²) < 4.78 is 11.9. The summed E-state index contributed by atoms with van der Waals surface area (Å²) in [6.45, 7) is 6.53. The molecule has 2 nitrogen and oxygen atoms in total. The maximum Gasteiger partial charge on any atom is 0.169 e. The molecular formula is C11H20O2. The predicted molar refractivity (Wildman–Crippen MR) is 51.5 cm³/mol. The van der Waals surface area contributed by atoms with Crippen molar-refractivity contribution in [2.45, 2.75) is 64.4 Å². The van der Waals surface area contributed by atoms with E-state index in [2.05, 4.69) is 20.8 Å². The van der Waals surface area contributed by atoms with Crippen LogP contribution in [0.4, 0.5) is 0 Å². The molecule has 0 radical (unpaired) electrons. The summed E-state index contributed by atoms with van der Waals surface area (Å²) in [5.41, 5.74) is 0. The summed E-state index contributed by atoms with van der Waals surface area (Å²) in [5, 5.41) is 0. The van der Waals surface area contributed by atoms with Gasteiger partial charge in [0.1, 0.15) is 0 Å². The fourth-order valence-corrected chi connectivity index (χ4v) is 2.33. The highest BCUT2D eigenvalue weighted by molar-refractivity contribution is 4.86. The van der Waals surface area contributed by atoms with Gasteiger partial charge in [0, 0.05) is 12.8 Å². The van der Waals surface area contributed by atoms with Gasteiger partial charge in [-0.15, -0.1) is 0 Å². The van der Waals surface area contributed by atoms with Crippen molar-refractivity contribution in [3.05, 3.63) is 0 Å². The van der Waals surface area contributed by atoms with Crippen LogP contribution in [0.3, 0.4) is 0 Å². The Morgan fingerprint density at radius 2 is 1.38 bits per heavy atom. The molecule has 0 aromatic carbocycles. The van der Waals surface area contributed by atoms with Crippen molar-refractivity contribution in [2.24, 2.45) is 5.92 Å². The monoisotopic (exact) mass is 184 g/mol. The van der Waals surface area contributed by atoms with Crippen molar-refractivity contribution in [3.63, 3.8) is 0 Å². The lowest BCUT2D eigenvalue weighted by Gasteiger charge is -2.34. The van der Waals surface area contributed by atoms with E-state index in [1.54, 1.807) is 0 Å². The van der Waals surface area contributed by atoms with Gasteiger partial charge in [0.05, 0.1) is 12.2 Å². The van der Waals surface area contributed by atoms with Crippen molar-refractivity contribution in [2.75, 3.05) is 0 Å². The Morgan fingerprint density at radius 1 is 0.923 bits per heavy atom. The summed E-state index contributed by atoms with van der Waals surface area (Å²) >= 11 is 0. The third kappa shape index (κ3) is 1.75. The van der Waals surface area contributed by atoms with Crippen molar-refractivity contribution in [1.82, 2.24) is 0 Å². The lowest BCUT2D eigenvalue weighted by atomic mass is 9.86. The molecule has 1 aliphatic carbocycles. The van der Waals surface area contributed by atoms with Gasteiger partial charge < -0.3 is 9.47 Å². The van der Waals surface area contributed by atoms with Crippen LogP contribution in [-0.4, -0.2) is 18.0 Å². The minimum absolute atomic E-state index is 0.203. The van der Waals surface area contributed by atoms with E-state index in [9.17, 15) is 0 Å². The molecule has 0 bridgehead atoms. The van der Waals surface area contributed by atoms with E-state index in [1.165, 1.54) is 12.8 Å². The highest BCUT2D eigenvalue weighted by atomic mass is 16.8. The molecule has 0 aromatic rings. The van der Waals surface area contributed by atoms with Crippen LogP contribution in [0.5, 0.6) is 0 Å². The fourth-order valence-electron chi connectivity index (χ4n) is 2.33. The molecule has 0 unspecified atom stereocenters. The van der Waals surface area contributed by atoms with E-state index >= 15 is 0 Å². The zero-order valence-electron chi connectivity index (χ0n) is 8.88. The number of rotatable bonds is 0. The van der Waals surface area contributed by atoms with Gasteiger partial charge in [0.2, 0.25) is 0 Å². The topological polar surface area (TPSA) is 18.5 Å². The maximum absolute atomic E-state index is 5.93. The molecule has 2 atom stereocenters. The minimum Gasteiger partial charge on any atom is -0.344 e. The van der Waals surface area contributed by atoms with Gasteiger partial charge in [0.25, 0.3) is 0 Å². The molecule has 1 saturated heterocycles. The van der Waals surface area contributed by atoms with Crippen molar-refractivity contribution in [1.29, 1.82) is 0 Å². The minimum atomic E-state index is -0.203. The number of hydrogen-bond donors (Lipinski definition) is 0. The van der Waals surface area contributed by atoms with E-state index in [0.717, 1.165) is 18.8 Å². The first kappa shape index (κ1) is 9.47. The Morgan fingerprint density at radius 3 is 1.85 bits per heavy atom.